The molecule has 0 bridgehead atoms. The molecule has 3 nitrogen and oxygen atoms in total. The number of aliphatic imine (C=N–C) groups is 1. The van der Waals surface area contributed by atoms with Crippen molar-refractivity contribution in [1.29, 1.82) is 0 Å². The van der Waals surface area contributed by atoms with Crippen molar-refractivity contribution in [3.8, 4) is 0 Å². The first kappa shape index (κ1) is 14.3. The van der Waals surface area contributed by atoms with E-state index in [0.717, 1.165) is 37.4 Å². The zero-order valence-corrected chi connectivity index (χ0v) is 11.8. The molecule has 0 spiro atoms. The van der Waals surface area contributed by atoms with E-state index in [1.165, 1.54) is 32.1 Å². The number of nitrogens with zero attached hydrogens (tertiary/aromatic N) is 1. The van der Waals surface area contributed by atoms with Crippen LogP contribution in [0.1, 0.15) is 52.9 Å². The van der Waals surface area contributed by atoms with Gasteiger partial charge in [-0.05, 0) is 25.2 Å². The average molecular weight is 239 g/mol. The first-order valence-corrected chi connectivity index (χ1v) is 7.32. The molecule has 3 heteroatoms. The molecular formula is C14H29N3. The summed E-state index contributed by atoms with van der Waals surface area (Å²) in [5, 5.41) is 6.75. The molecule has 1 rings (SSSR count). The van der Waals surface area contributed by atoms with Gasteiger partial charge in [-0.1, -0.05) is 39.5 Å². The highest BCUT2D eigenvalue weighted by atomic mass is 15.2. The van der Waals surface area contributed by atoms with E-state index in [9.17, 15) is 0 Å². The Bertz CT molecular complexity index is 218. The van der Waals surface area contributed by atoms with Crippen LogP contribution in [-0.4, -0.2) is 25.6 Å². The fourth-order valence-corrected chi connectivity index (χ4v) is 1.91. The molecule has 0 aromatic rings. The molecule has 0 radical (unpaired) electrons. The summed E-state index contributed by atoms with van der Waals surface area (Å²) in [7, 11) is 0. The molecule has 0 atom stereocenters. The van der Waals surface area contributed by atoms with E-state index in [-0.39, 0.29) is 0 Å². The Kier molecular flexibility index (Phi) is 7.06. The highest BCUT2D eigenvalue weighted by Gasteiger charge is 2.20. The van der Waals surface area contributed by atoms with E-state index in [1.807, 2.05) is 0 Å². The maximum Gasteiger partial charge on any atom is 0.191 e. The summed E-state index contributed by atoms with van der Waals surface area (Å²) >= 11 is 0. The van der Waals surface area contributed by atoms with Crippen molar-refractivity contribution in [2.75, 3.05) is 19.6 Å². The van der Waals surface area contributed by atoms with Crippen LogP contribution in [0.25, 0.3) is 0 Å². The second-order valence-electron chi connectivity index (χ2n) is 5.06. The molecule has 0 aromatic carbocycles. The summed E-state index contributed by atoms with van der Waals surface area (Å²) in [5.41, 5.74) is 0. The maximum atomic E-state index is 4.67. The van der Waals surface area contributed by atoms with Crippen LogP contribution in [0, 0.1) is 11.8 Å². The normalized spacial score (nSPS) is 16.4. The van der Waals surface area contributed by atoms with Gasteiger partial charge in [0.15, 0.2) is 5.96 Å². The lowest BCUT2D eigenvalue weighted by molar-refractivity contribution is 0.503. The van der Waals surface area contributed by atoms with Crippen LogP contribution in [0.15, 0.2) is 4.99 Å². The van der Waals surface area contributed by atoms with Crippen molar-refractivity contribution in [2.24, 2.45) is 16.8 Å². The lowest BCUT2D eigenvalue weighted by atomic mass is 10.0. The second kappa shape index (κ2) is 8.37. The van der Waals surface area contributed by atoms with Gasteiger partial charge >= 0.3 is 0 Å². The molecule has 0 aliphatic heterocycles. The van der Waals surface area contributed by atoms with Crippen LogP contribution < -0.4 is 10.6 Å². The first-order valence-electron chi connectivity index (χ1n) is 7.32. The fourth-order valence-electron chi connectivity index (χ4n) is 1.91. The molecule has 0 heterocycles. The van der Waals surface area contributed by atoms with Gasteiger partial charge in [0, 0.05) is 19.6 Å². The molecule has 17 heavy (non-hydrogen) atoms. The van der Waals surface area contributed by atoms with E-state index < -0.39 is 0 Å². The van der Waals surface area contributed by atoms with Crippen molar-refractivity contribution in [2.45, 2.75) is 52.9 Å². The Balaban J connectivity index is 2.25. The number of nitrogens with one attached hydrogen (secondary N) is 2. The first-order chi connectivity index (χ1) is 8.30. The van der Waals surface area contributed by atoms with Gasteiger partial charge in [-0.25, -0.2) is 0 Å². The molecule has 1 aliphatic rings. The van der Waals surface area contributed by atoms with E-state index in [1.54, 1.807) is 0 Å². The number of guanidine groups is 1. The minimum Gasteiger partial charge on any atom is -0.357 e. The summed E-state index contributed by atoms with van der Waals surface area (Å²) < 4.78 is 0. The Hall–Kier alpha value is -0.730. The van der Waals surface area contributed by atoms with Crippen molar-refractivity contribution < 1.29 is 0 Å². The predicted octanol–water partition coefficient (Wildman–Crippen LogP) is 2.78. The highest BCUT2D eigenvalue weighted by molar-refractivity contribution is 5.79. The van der Waals surface area contributed by atoms with Gasteiger partial charge in [0.2, 0.25) is 0 Å². The molecule has 1 aliphatic carbocycles. The quantitative estimate of drug-likeness (QED) is 0.505. The van der Waals surface area contributed by atoms with Crippen LogP contribution in [0.5, 0.6) is 0 Å². The molecule has 2 N–H and O–H groups in total. The summed E-state index contributed by atoms with van der Waals surface area (Å²) in [6, 6.07) is 0. The van der Waals surface area contributed by atoms with E-state index in [2.05, 4.69) is 36.4 Å². The van der Waals surface area contributed by atoms with E-state index >= 15 is 0 Å². The van der Waals surface area contributed by atoms with Gasteiger partial charge in [-0.3, -0.25) is 4.99 Å². The summed E-state index contributed by atoms with van der Waals surface area (Å²) in [4.78, 5) is 4.67. The fraction of sp³-hybridized carbons (Fsp3) is 0.929. The standard InChI is InChI=1S/C14H29N3/c1-4-12(5-2)11-17-14(15-6-3)16-10-9-13-7-8-13/h12-13H,4-11H2,1-3H3,(H2,15,16,17). The van der Waals surface area contributed by atoms with Gasteiger partial charge in [0.05, 0.1) is 0 Å². The predicted molar refractivity (Wildman–Crippen MR) is 75.4 cm³/mol. The van der Waals surface area contributed by atoms with Gasteiger partial charge in [0.1, 0.15) is 0 Å². The van der Waals surface area contributed by atoms with E-state index in [0.29, 0.717) is 0 Å². The molecule has 1 saturated carbocycles. The van der Waals surface area contributed by atoms with Crippen molar-refractivity contribution in [1.82, 2.24) is 10.6 Å². The van der Waals surface area contributed by atoms with Gasteiger partial charge in [-0.15, -0.1) is 0 Å². The zero-order valence-electron chi connectivity index (χ0n) is 11.8. The molecule has 0 aromatic heterocycles. The smallest absolute Gasteiger partial charge is 0.191 e. The molecule has 0 unspecified atom stereocenters. The van der Waals surface area contributed by atoms with Crippen molar-refractivity contribution >= 4 is 5.96 Å². The summed E-state index contributed by atoms with van der Waals surface area (Å²) in [6.07, 6.45) is 6.62. The largest absolute Gasteiger partial charge is 0.357 e. The third-order valence-corrected chi connectivity index (χ3v) is 3.55. The number of hydrogen-bond acceptors (Lipinski definition) is 1. The Morgan fingerprint density at radius 2 is 1.88 bits per heavy atom. The lowest BCUT2D eigenvalue weighted by Gasteiger charge is -2.13. The third kappa shape index (κ3) is 6.54. The molecule has 100 valence electrons. The van der Waals surface area contributed by atoms with Gasteiger partial charge in [-0.2, -0.15) is 0 Å². The average Bonchev–Trinajstić information content (AvgIpc) is 3.14. The maximum absolute atomic E-state index is 4.67. The van der Waals surface area contributed by atoms with Crippen molar-refractivity contribution in [3.05, 3.63) is 0 Å². The summed E-state index contributed by atoms with van der Waals surface area (Å²) in [5.74, 6) is 2.72. The Morgan fingerprint density at radius 3 is 2.41 bits per heavy atom. The Labute approximate surface area is 106 Å². The van der Waals surface area contributed by atoms with Crippen LogP contribution in [0.2, 0.25) is 0 Å². The van der Waals surface area contributed by atoms with E-state index in [4.69, 9.17) is 0 Å². The second-order valence-corrected chi connectivity index (χ2v) is 5.06. The van der Waals surface area contributed by atoms with Crippen molar-refractivity contribution in [3.63, 3.8) is 0 Å². The minimum atomic E-state index is 0.730. The van der Waals surface area contributed by atoms with Crippen LogP contribution >= 0.6 is 0 Å². The van der Waals surface area contributed by atoms with Crippen LogP contribution in [-0.2, 0) is 0 Å². The topological polar surface area (TPSA) is 36.4 Å². The monoisotopic (exact) mass is 239 g/mol. The van der Waals surface area contributed by atoms with Gasteiger partial charge < -0.3 is 10.6 Å². The van der Waals surface area contributed by atoms with Gasteiger partial charge in [0.25, 0.3) is 0 Å². The lowest BCUT2D eigenvalue weighted by Crippen LogP contribution is -2.38. The molecule has 1 fully saturated rings. The Morgan fingerprint density at radius 1 is 1.18 bits per heavy atom. The summed E-state index contributed by atoms with van der Waals surface area (Å²) in [6.45, 7) is 9.58. The number of rotatable bonds is 8. The highest BCUT2D eigenvalue weighted by Crippen LogP contribution is 2.31. The van der Waals surface area contributed by atoms with Crippen LogP contribution in [0.3, 0.4) is 0 Å². The van der Waals surface area contributed by atoms with Crippen LogP contribution in [0.4, 0.5) is 0 Å². The number of hydrogen-bond donors (Lipinski definition) is 2. The SMILES string of the molecule is CCNC(=NCC(CC)CC)NCCC1CC1. The molecule has 0 saturated heterocycles. The molecular weight excluding hydrogens is 210 g/mol. The third-order valence-electron chi connectivity index (χ3n) is 3.55. The molecule has 0 amide bonds. The zero-order chi connectivity index (χ0) is 12.5. The minimum absolute atomic E-state index is 0.730.